The van der Waals surface area contributed by atoms with Crippen LogP contribution in [0.2, 0.25) is 0 Å². The zero-order chi connectivity index (χ0) is 12.3. The minimum absolute atomic E-state index is 0.270. The lowest BCUT2D eigenvalue weighted by Crippen LogP contribution is -2.21. The number of furan rings is 1. The van der Waals surface area contributed by atoms with Gasteiger partial charge in [-0.2, -0.15) is 0 Å². The largest absolute Gasteiger partial charge is 0.472 e. The summed E-state index contributed by atoms with van der Waals surface area (Å²) in [4.78, 5) is 2.77. The Bertz CT molecular complexity index is 439. The minimum Gasteiger partial charge on any atom is -0.472 e. The van der Waals surface area contributed by atoms with Crippen LogP contribution in [-0.2, 0) is 0 Å². The van der Waals surface area contributed by atoms with Crippen molar-refractivity contribution in [2.45, 2.75) is 33.2 Å². The van der Waals surface area contributed by atoms with Crippen LogP contribution in [-0.4, -0.2) is 6.54 Å². The Labute approximate surface area is 107 Å². The van der Waals surface area contributed by atoms with Crippen LogP contribution in [0.15, 0.2) is 29.1 Å². The van der Waals surface area contributed by atoms with Crippen molar-refractivity contribution >= 4 is 11.3 Å². The Balaban J connectivity index is 2.26. The second-order valence-electron chi connectivity index (χ2n) is 4.33. The van der Waals surface area contributed by atoms with Gasteiger partial charge in [0, 0.05) is 15.3 Å². The standard InChI is InChI=1S/C14H19NOS/c1-4-6-15-14(12-5-7-16-9-12)13-8-10(2)11(3)17-13/h5,7-9,14-15H,4,6H2,1-3H3. The topological polar surface area (TPSA) is 25.2 Å². The van der Waals surface area contributed by atoms with E-state index >= 15 is 0 Å². The van der Waals surface area contributed by atoms with Crippen molar-refractivity contribution in [3.63, 3.8) is 0 Å². The third-order valence-electron chi connectivity index (χ3n) is 2.94. The molecule has 0 amide bonds. The number of hydrogen-bond acceptors (Lipinski definition) is 3. The van der Waals surface area contributed by atoms with Gasteiger partial charge in [-0.1, -0.05) is 6.92 Å². The SMILES string of the molecule is CCCNC(c1ccoc1)c1cc(C)c(C)s1. The lowest BCUT2D eigenvalue weighted by molar-refractivity contribution is 0.550. The van der Waals surface area contributed by atoms with Gasteiger partial charge in [0.25, 0.3) is 0 Å². The van der Waals surface area contributed by atoms with Gasteiger partial charge in [-0.05, 0) is 44.5 Å². The molecule has 2 aromatic heterocycles. The molecule has 0 bridgehead atoms. The Morgan fingerprint density at radius 2 is 2.24 bits per heavy atom. The first-order valence-electron chi connectivity index (χ1n) is 6.04. The summed E-state index contributed by atoms with van der Waals surface area (Å²) in [7, 11) is 0. The Morgan fingerprint density at radius 1 is 1.41 bits per heavy atom. The molecule has 2 aromatic rings. The summed E-state index contributed by atoms with van der Waals surface area (Å²) in [5.41, 5.74) is 2.58. The van der Waals surface area contributed by atoms with Gasteiger partial charge in [0.05, 0.1) is 18.6 Å². The summed E-state index contributed by atoms with van der Waals surface area (Å²) in [6.45, 7) is 7.55. The molecule has 2 nitrogen and oxygen atoms in total. The van der Waals surface area contributed by atoms with E-state index in [1.807, 2.05) is 23.7 Å². The fourth-order valence-corrected chi connectivity index (χ4v) is 3.00. The van der Waals surface area contributed by atoms with Crippen LogP contribution in [0, 0.1) is 13.8 Å². The van der Waals surface area contributed by atoms with Gasteiger partial charge in [-0.3, -0.25) is 0 Å². The van der Waals surface area contributed by atoms with Gasteiger partial charge < -0.3 is 9.73 Å². The van der Waals surface area contributed by atoms with E-state index in [4.69, 9.17) is 4.42 Å². The van der Waals surface area contributed by atoms with Crippen molar-refractivity contribution in [3.05, 3.63) is 45.5 Å². The van der Waals surface area contributed by atoms with Crippen LogP contribution in [0.1, 0.15) is 40.3 Å². The summed E-state index contributed by atoms with van der Waals surface area (Å²) in [5.74, 6) is 0. The van der Waals surface area contributed by atoms with Crippen molar-refractivity contribution in [1.82, 2.24) is 5.32 Å². The summed E-state index contributed by atoms with van der Waals surface area (Å²) < 4.78 is 5.20. The van der Waals surface area contributed by atoms with E-state index in [-0.39, 0.29) is 6.04 Å². The van der Waals surface area contributed by atoms with Crippen molar-refractivity contribution < 1.29 is 4.42 Å². The first-order valence-corrected chi connectivity index (χ1v) is 6.86. The van der Waals surface area contributed by atoms with Gasteiger partial charge in [0.1, 0.15) is 0 Å². The first kappa shape index (κ1) is 12.4. The number of aryl methyl sites for hydroxylation is 2. The van der Waals surface area contributed by atoms with Crippen LogP contribution < -0.4 is 5.32 Å². The molecule has 0 saturated heterocycles. The summed E-state index contributed by atoms with van der Waals surface area (Å²) in [6, 6.07) is 4.59. The van der Waals surface area contributed by atoms with Crippen LogP contribution in [0.5, 0.6) is 0 Å². The molecule has 0 spiro atoms. The number of nitrogens with one attached hydrogen (secondary N) is 1. The average Bonchev–Trinajstić information content (AvgIpc) is 2.92. The number of rotatable bonds is 5. The van der Waals surface area contributed by atoms with Gasteiger partial charge in [-0.15, -0.1) is 11.3 Å². The molecular weight excluding hydrogens is 230 g/mol. The third kappa shape index (κ3) is 2.79. The van der Waals surface area contributed by atoms with Crippen LogP contribution in [0.25, 0.3) is 0 Å². The lowest BCUT2D eigenvalue weighted by atomic mass is 10.1. The minimum atomic E-state index is 0.270. The summed E-state index contributed by atoms with van der Waals surface area (Å²) in [6.07, 6.45) is 4.71. The average molecular weight is 249 g/mol. The molecule has 0 aliphatic carbocycles. The molecule has 0 aliphatic rings. The molecule has 92 valence electrons. The quantitative estimate of drug-likeness (QED) is 0.865. The molecule has 2 rings (SSSR count). The van der Waals surface area contributed by atoms with Crippen molar-refractivity contribution in [1.29, 1.82) is 0 Å². The van der Waals surface area contributed by atoms with Crippen LogP contribution >= 0.6 is 11.3 Å². The molecule has 3 heteroatoms. The van der Waals surface area contributed by atoms with Gasteiger partial charge >= 0.3 is 0 Å². The third-order valence-corrected chi connectivity index (χ3v) is 4.16. The molecule has 17 heavy (non-hydrogen) atoms. The van der Waals surface area contributed by atoms with Crippen LogP contribution in [0.4, 0.5) is 0 Å². The van der Waals surface area contributed by atoms with E-state index < -0.39 is 0 Å². The molecule has 1 N–H and O–H groups in total. The predicted molar refractivity (Wildman–Crippen MR) is 72.6 cm³/mol. The molecule has 0 aliphatic heterocycles. The second kappa shape index (κ2) is 5.52. The lowest BCUT2D eigenvalue weighted by Gasteiger charge is -2.15. The molecule has 1 unspecified atom stereocenters. The van der Waals surface area contributed by atoms with Gasteiger partial charge in [0.2, 0.25) is 0 Å². The maximum Gasteiger partial charge on any atom is 0.0954 e. The van der Waals surface area contributed by atoms with E-state index in [9.17, 15) is 0 Å². The van der Waals surface area contributed by atoms with Gasteiger partial charge in [0.15, 0.2) is 0 Å². The highest BCUT2D eigenvalue weighted by Gasteiger charge is 2.17. The van der Waals surface area contributed by atoms with Crippen molar-refractivity contribution in [2.75, 3.05) is 6.54 Å². The van der Waals surface area contributed by atoms with E-state index in [1.165, 1.54) is 20.9 Å². The molecule has 0 saturated carbocycles. The Hall–Kier alpha value is -1.06. The summed E-state index contributed by atoms with van der Waals surface area (Å²) in [5, 5.41) is 3.58. The molecule has 1 atom stereocenters. The highest BCUT2D eigenvalue weighted by Crippen LogP contribution is 2.30. The molecule has 2 heterocycles. The molecular formula is C14H19NOS. The zero-order valence-corrected chi connectivity index (χ0v) is 11.4. The van der Waals surface area contributed by atoms with Crippen molar-refractivity contribution in [3.8, 4) is 0 Å². The van der Waals surface area contributed by atoms with Crippen LogP contribution in [0.3, 0.4) is 0 Å². The van der Waals surface area contributed by atoms with E-state index in [0.29, 0.717) is 0 Å². The number of hydrogen-bond donors (Lipinski definition) is 1. The number of thiophene rings is 1. The fraction of sp³-hybridized carbons (Fsp3) is 0.429. The van der Waals surface area contributed by atoms with E-state index in [2.05, 4.69) is 32.2 Å². The Kier molecular flexibility index (Phi) is 4.02. The molecule has 0 fully saturated rings. The smallest absolute Gasteiger partial charge is 0.0954 e. The summed E-state index contributed by atoms with van der Waals surface area (Å²) >= 11 is 1.87. The van der Waals surface area contributed by atoms with E-state index in [0.717, 1.165) is 13.0 Å². The Morgan fingerprint density at radius 3 is 2.76 bits per heavy atom. The maximum atomic E-state index is 5.20. The molecule has 0 aromatic carbocycles. The highest BCUT2D eigenvalue weighted by atomic mass is 32.1. The normalized spacial score (nSPS) is 12.9. The maximum absolute atomic E-state index is 5.20. The predicted octanol–water partition coefficient (Wildman–Crippen LogP) is 4.05. The monoisotopic (exact) mass is 249 g/mol. The fourth-order valence-electron chi connectivity index (χ4n) is 1.85. The second-order valence-corrected chi connectivity index (χ2v) is 5.62. The van der Waals surface area contributed by atoms with E-state index in [1.54, 1.807) is 6.26 Å². The molecule has 0 radical (unpaired) electrons. The zero-order valence-electron chi connectivity index (χ0n) is 10.6. The van der Waals surface area contributed by atoms with Crippen molar-refractivity contribution in [2.24, 2.45) is 0 Å². The van der Waals surface area contributed by atoms with Gasteiger partial charge in [-0.25, -0.2) is 0 Å². The highest BCUT2D eigenvalue weighted by molar-refractivity contribution is 7.12. The first-order chi connectivity index (χ1) is 8.22.